The number of phenolic OH excluding ortho intramolecular Hbond substituents is 1. The number of methoxy groups -OCH3 is 4. The van der Waals surface area contributed by atoms with E-state index in [1.165, 1.54) is 41.4 Å². The molecule has 0 radical (unpaired) electrons. The monoisotopic (exact) mass is 358 g/mol. The molecule has 6 nitrogen and oxygen atoms in total. The summed E-state index contributed by atoms with van der Waals surface area (Å²) in [5.41, 5.74) is 1.71. The Labute approximate surface area is 152 Å². The maximum absolute atomic E-state index is 12.2. The molecule has 0 amide bonds. The van der Waals surface area contributed by atoms with Crippen LogP contribution in [0, 0.1) is 0 Å². The molecule has 0 aliphatic carbocycles. The number of carbonyl (C=O) groups is 1. The van der Waals surface area contributed by atoms with Crippen LogP contribution in [0.4, 0.5) is 0 Å². The Balaban J connectivity index is 2.60. The zero-order valence-electron chi connectivity index (χ0n) is 15.5. The molecule has 26 heavy (non-hydrogen) atoms. The van der Waals surface area contributed by atoms with Crippen LogP contribution in [0.2, 0.25) is 0 Å². The predicted molar refractivity (Wildman–Crippen MR) is 99.3 cm³/mol. The summed E-state index contributed by atoms with van der Waals surface area (Å²) < 4.78 is 21.0. The number of allylic oxidation sites excluding steroid dienone is 1. The van der Waals surface area contributed by atoms with E-state index in [-0.39, 0.29) is 11.5 Å². The summed E-state index contributed by atoms with van der Waals surface area (Å²) in [6.45, 7) is 1.47. The van der Waals surface area contributed by atoms with Gasteiger partial charge in [0.05, 0.1) is 28.4 Å². The van der Waals surface area contributed by atoms with E-state index in [2.05, 4.69) is 0 Å². The zero-order chi connectivity index (χ0) is 19.3. The van der Waals surface area contributed by atoms with Crippen LogP contribution in [-0.4, -0.2) is 39.3 Å². The summed E-state index contributed by atoms with van der Waals surface area (Å²) in [6, 6.07) is 8.32. The maximum atomic E-state index is 12.2. The van der Waals surface area contributed by atoms with Gasteiger partial charge >= 0.3 is 0 Å². The van der Waals surface area contributed by atoms with Gasteiger partial charge in [0.25, 0.3) is 0 Å². The number of aromatic hydroxyl groups is 1. The minimum atomic E-state index is -0.144. The number of rotatable bonds is 7. The van der Waals surface area contributed by atoms with Crippen LogP contribution >= 0.6 is 0 Å². The molecule has 0 atom stereocenters. The molecule has 0 aliphatic heterocycles. The minimum Gasteiger partial charge on any atom is -0.504 e. The second-order valence-corrected chi connectivity index (χ2v) is 5.46. The molecule has 0 unspecified atom stereocenters. The number of hydrogen-bond donors (Lipinski definition) is 1. The van der Waals surface area contributed by atoms with E-state index in [9.17, 15) is 9.90 Å². The summed E-state index contributed by atoms with van der Waals surface area (Å²) in [5, 5.41) is 9.95. The van der Waals surface area contributed by atoms with Crippen molar-refractivity contribution in [3.05, 3.63) is 41.5 Å². The van der Waals surface area contributed by atoms with Gasteiger partial charge in [0.1, 0.15) is 0 Å². The lowest BCUT2D eigenvalue weighted by Gasteiger charge is -2.15. The van der Waals surface area contributed by atoms with Crippen molar-refractivity contribution in [2.75, 3.05) is 28.4 Å². The summed E-state index contributed by atoms with van der Waals surface area (Å²) in [5.74, 6) is 1.56. The van der Waals surface area contributed by atoms with Gasteiger partial charge in [0.2, 0.25) is 5.75 Å². The maximum Gasteiger partial charge on any atom is 0.203 e. The van der Waals surface area contributed by atoms with Crippen LogP contribution in [0.3, 0.4) is 0 Å². The molecule has 1 N–H and O–H groups in total. The fraction of sp³-hybridized carbons (Fsp3) is 0.250. The molecule has 0 fully saturated rings. The fourth-order valence-electron chi connectivity index (χ4n) is 2.59. The van der Waals surface area contributed by atoms with Crippen LogP contribution in [0.5, 0.6) is 28.7 Å². The van der Waals surface area contributed by atoms with Crippen LogP contribution in [0.15, 0.2) is 30.3 Å². The number of hydrogen-bond acceptors (Lipinski definition) is 6. The Morgan fingerprint density at radius 3 is 1.88 bits per heavy atom. The van der Waals surface area contributed by atoms with Gasteiger partial charge in [-0.15, -0.1) is 0 Å². The topological polar surface area (TPSA) is 74.2 Å². The lowest BCUT2D eigenvalue weighted by Crippen LogP contribution is -2.00. The van der Waals surface area contributed by atoms with Crippen molar-refractivity contribution in [1.29, 1.82) is 0 Å². The van der Waals surface area contributed by atoms with E-state index >= 15 is 0 Å². The van der Waals surface area contributed by atoms with Crippen LogP contribution in [-0.2, 0) is 4.79 Å². The molecular formula is C20H22O6. The average molecular weight is 358 g/mol. The molecule has 0 saturated carbocycles. The second kappa shape index (κ2) is 8.29. The van der Waals surface area contributed by atoms with Crippen molar-refractivity contribution in [3.8, 4) is 28.7 Å². The highest BCUT2D eigenvalue weighted by molar-refractivity contribution is 6.24. The van der Waals surface area contributed by atoms with Crippen molar-refractivity contribution >= 4 is 17.4 Å². The predicted octanol–water partition coefficient (Wildman–Crippen LogP) is 3.56. The van der Waals surface area contributed by atoms with E-state index in [4.69, 9.17) is 18.9 Å². The van der Waals surface area contributed by atoms with Crippen LogP contribution in [0.1, 0.15) is 18.1 Å². The second-order valence-electron chi connectivity index (χ2n) is 5.46. The zero-order valence-corrected chi connectivity index (χ0v) is 15.5. The Morgan fingerprint density at radius 1 is 0.885 bits per heavy atom. The number of phenols is 1. The van der Waals surface area contributed by atoms with Gasteiger partial charge in [0.15, 0.2) is 28.8 Å². The third-order valence-electron chi connectivity index (χ3n) is 3.87. The number of benzene rings is 2. The SMILES string of the molecule is COc1ccc(/C=C(/C(C)=O)c2cc(OC)c(OC)c(OC)c2)cc1O. The highest BCUT2D eigenvalue weighted by atomic mass is 16.5. The van der Waals surface area contributed by atoms with Crippen molar-refractivity contribution in [2.45, 2.75) is 6.92 Å². The van der Waals surface area contributed by atoms with Crippen molar-refractivity contribution in [2.24, 2.45) is 0 Å². The van der Waals surface area contributed by atoms with Crippen molar-refractivity contribution < 1.29 is 28.8 Å². The van der Waals surface area contributed by atoms with Gasteiger partial charge in [-0.1, -0.05) is 6.07 Å². The summed E-state index contributed by atoms with van der Waals surface area (Å²) in [4.78, 5) is 12.2. The summed E-state index contributed by atoms with van der Waals surface area (Å²) in [6.07, 6.45) is 1.68. The summed E-state index contributed by atoms with van der Waals surface area (Å²) >= 11 is 0. The molecule has 138 valence electrons. The Bertz CT molecular complexity index is 813. The van der Waals surface area contributed by atoms with Gasteiger partial charge in [-0.25, -0.2) is 0 Å². The number of carbonyl (C=O) groups excluding carboxylic acids is 1. The van der Waals surface area contributed by atoms with Crippen LogP contribution in [0.25, 0.3) is 11.6 Å². The lowest BCUT2D eigenvalue weighted by atomic mass is 9.98. The smallest absolute Gasteiger partial charge is 0.203 e. The first-order valence-corrected chi connectivity index (χ1v) is 7.85. The Kier molecular flexibility index (Phi) is 6.11. The molecular weight excluding hydrogens is 336 g/mol. The van der Waals surface area contributed by atoms with E-state index in [0.717, 1.165) is 0 Å². The van der Waals surface area contributed by atoms with Gasteiger partial charge in [-0.05, 0) is 48.4 Å². The molecule has 0 bridgehead atoms. The van der Waals surface area contributed by atoms with Gasteiger partial charge in [0, 0.05) is 5.57 Å². The van der Waals surface area contributed by atoms with E-state index in [1.54, 1.807) is 30.3 Å². The van der Waals surface area contributed by atoms with Gasteiger partial charge in [-0.3, -0.25) is 4.79 Å². The molecule has 0 aromatic heterocycles. The quantitative estimate of drug-likeness (QED) is 0.603. The number of ether oxygens (including phenoxy) is 4. The molecule has 0 aliphatic rings. The normalized spacial score (nSPS) is 11.0. The third-order valence-corrected chi connectivity index (χ3v) is 3.87. The molecule has 0 heterocycles. The first-order chi connectivity index (χ1) is 12.4. The van der Waals surface area contributed by atoms with Crippen molar-refractivity contribution in [1.82, 2.24) is 0 Å². The number of Topliss-reactive ketones (excluding diaryl/α,β-unsaturated/α-hetero) is 1. The van der Waals surface area contributed by atoms with E-state index in [0.29, 0.717) is 39.7 Å². The van der Waals surface area contributed by atoms with E-state index < -0.39 is 0 Å². The van der Waals surface area contributed by atoms with E-state index in [1.807, 2.05) is 0 Å². The molecule has 2 aromatic carbocycles. The molecule has 2 rings (SSSR count). The first kappa shape index (κ1) is 19.2. The average Bonchev–Trinajstić information content (AvgIpc) is 2.64. The largest absolute Gasteiger partial charge is 0.504 e. The fourth-order valence-corrected chi connectivity index (χ4v) is 2.59. The lowest BCUT2D eigenvalue weighted by molar-refractivity contribution is -0.111. The third kappa shape index (κ3) is 3.91. The molecule has 0 spiro atoms. The van der Waals surface area contributed by atoms with Gasteiger partial charge in [-0.2, -0.15) is 0 Å². The van der Waals surface area contributed by atoms with Crippen molar-refractivity contribution in [3.63, 3.8) is 0 Å². The highest BCUT2D eigenvalue weighted by Crippen LogP contribution is 2.40. The molecule has 6 heteroatoms. The first-order valence-electron chi connectivity index (χ1n) is 7.85. The highest BCUT2D eigenvalue weighted by Gasteiger charge is 2.17. The molecule has 0 saturated heterocycles. The van der Waals surface area contributed by atoms with Crippen LogP contribution < -0.4 is 18.9 Å². The standard InChI is InChI=1S/C20H22O6/c1-12(21)15(8-13-6-7-17(23-2)16(22)9-13)14-10-18(24-3)20(26-5)19(11-14)25-4/h6-11,22H,1-5H3/b15-8-. The summed E-state index contributed by atoms with van der Waals surface area (Å²) in [7, 11) is 6.02. The van der Waals surface area contributed by atoms with Gasteiger partial charge < -0.3 is 24.1 Å². The Morgan fingerprint density at radius 2 is 1.46 bits per heavy atom. The number of ketones is 1. The Hall–Kier alpha value is -3.15. The minimum absolute atomic E-state index is 0.00551. The molecule has 2 aromatic rings.